The molecule has 2 aromatic rings. The molecule has 1 heterocycles. The Morgan fingerprint density at radius 3 is 2.62 bits per heavy atom. The van der Waals surface area contributed by atoms with Crippen LogP contribution < -0.4 is 0 Å². The summed E-state index contributed by atoms with van der Waals surface area (Å²) in [4.78, 5) is 0. The Morgan fingerprint density at radius 1 is 1.31 bits per heavy atom. The maximum absolute atomic E-state index is 10.3. The SMILES string of the molecule is Cc1cc(Cl)ccc1C(O)c1cscc1Br. The van der Waals surface area contributed by atoms with Crippen LogP contribution in [0.15, 0.2) is 33.4 Å². The van der Waals surface area contributed by atoms with Crippen molar-refractivity contribution in [3.63, 3.8) is 0 Å². The van der Waals surface area contributed by atoms with Crippen LogP contribution in [0.1, 0.15) is 22.8 Å². The standard InChI is InChI=1S/C12H10BrClOS/c1-7-4-8(14)2-3-9(7)12(15)10-5-16-6-11(10)13/h2-6,12,15H,1H3. The molecule has 0 aliphatic carbocycles. The molecule has 0 aliphatic heterocycles. The van der Waals surface area contributed by atoms with Gasteiger partial charge in [-0.15, -0.1) is 0 Å². The normalized spacial score (nSPS) is 12.8. The van der Waals surface area contributed by atoms with Crippen LogP contribution in [0.25, 0.3) is 0 Å². The first-order valence-electron chi connectivity index (χ1n) is 4.75. The van der Waals surface area contributed by atoms with E-state index in [0.29, 0.717) is 5.02 Å². The number of hydrogen-bond donors (Lipinski definition) is 1. The van der Waals surface area contributed by atoms with Gasteiger partial charge in [0.15, 0.2) is 0 Å². The lowest BCUT2D eigenvalue weighted by Crippen LogP contribution is -2.01. The maximum Gasteiger partial charge on any atom is 0.106 e. The summed E-state index contributed by atoms with van der Waals surface area (Å²) in [5, 5.41) is 14.9. The van der Waals surface area contributed by atoms with Crippen LogP contribution in [-0.4, -0.2) is 5.11 Å². The lowest BCUT2D eigenvalue weighted by atomic mass is 10.00. The number of halogens is 2. The van der Waals surface area contributed by atoms with E-state index in [-0.39, 0.29) is 0 Å². The highest BCUT2D eigenvalue weighted by Crippen LogP contribution is 2.33. The smallest absolute Gasteiger partial charge is 0.106 e. The topological polar surface area (TPSA) is 20.2 Å². The molecule has 0 saturated heterocycles. The third-order valence-corrected chi connectivity index (χ3v) is 4.45. The van der Waals surface area contributed by atoms with Crippen LogP contribution in [-0.2, 0) is 0 Å². The number of hydrogen-bond acceptors (Lipinski definition) is 2. The van der Waals surface area contributed by atoms with Crippen molar-refractivity contribution in [3.05, 3.63) is 55.1 Å². The summed E-state index contributed by atoms with van der Waals surface area (Å²) in [6, 6.07) is 5.53. The highest BCUT2D eigenvalue weighted by Gasteiger charge is 2.16. The Morgan fingerprint density at radius 2 is 2.06 bits per heavy atom. The number of rotatable bonds is 2. The monoisotopic (exact) mass is 316 g/mol. The number of thiophene rings is 1. The van der Waals surface area contributed by atoms with Gasteiger partial charge in [0.1, 0.15) is 6.10 Å². The number of benzene rings is 1. The van der Waals surface area contributed by atoms with E-state index in [0.717, 1.165) is 21.2 Å². The fraction of sp³-hybridized carbons (Fsp3) is 0.167. The zero-order valence-corrected chi connectivity index (χ0v) is 11.7. The van der Waals surface area contributed by atoms with Crippen molar-refractivity contribution in [1.82, 2.24) is 0 Å². The fourth-order valence-corrected chi connectivity index (χ4v) is 3.36. The highest BCUT2D eigenvalue weighted by molar-refractivity contribution is 9.10. The molecule has 1 aromatic heterocycles. The molecule has 1 nitrogen and oxygen atoms in total. The zero-order chi connectivity index (χ0) is 11.7. The van der Waals surface area contributed by atoms with Gasteiger partial charge in [-0.1, -0.05) is 17.7 Å². The Hall–Kier alpha value is -0.350. The van der Waals surface area contributed by atoms with Crippen molar-refractivity contribution in [1.29, 1.82) is 0 Å². The van der Waals surface area contributed by atoms with Crippen molar-refractivity contribution < 1.29 is 5.11 Å². The zero-order valence-electron chi connectivity index (χ0n) is 8.58. The van der Waals surface area contributed by atoms with E-state index < -0.39 is 6.10 Å². The average molecular weight is 318 g/mol. The van der Waals surface area contributed by atoms with E-state index in [1.165, 1.54) is 0 Å². The third-order valence-electron chi connectivity index (χ3n) is 2.46. The number of aliphatic hydroxyl groups is 1. The molecule has 0 bridgehead atoms. The van der Waals surface area contributed by atoms with Gasteiger partial charge >= 0.3 is 0 Å². The minimum atomic E-state index is -0.599. The predicted molar refractivity (Wildman–Crippen MR) is 72.3 cm³/mol. The summed E-state index contributed by atoms with van der Waals surface area (Å²) >= 11 is 10.9. The van der Waals surface area contributed by atoms with Crippen molar-refractivity contribution in [2.45, 2.75) is 13.0 Å². The van der Waals surface area contributed by atoms with Gasteiger partial charge in [-0.25, -0.2) is 0 Å². The summed E-state index contributed by atoms with van der Waals surface area (Å²) in [5.41, 5.74) is 2.79. The summed E-state index contributed by atoms with van der Waals surface area (Å²) < 4.78 is 0.944. The van der Waals surface area contributed by atoms with Crippen molar-refractivity contribution in [3.8, 4) is 0 Å². The van der Waals surface area contributed by atoms with Crippen LogP contribution in [0, 0.1) is 6.92 Å². The van der Waals surface area contributed by atoms with E-state index >= 15 is 0 Å². The van der Waals surface area contributed by atoms with Crippen LogP contribution >= 0.6 is 38.9 Å². The quantitative estimate of drug-likeness (QED) is 0.861. The van der Waals surface area contributed by atoms with Crippen LogP contribution in [0.4, 0.5) is 0 Å². The molecule has 2 rings (SSSR count). The molecule has 16 heavy (non-hydrogen) atoms. The lowest BCUT2D eigenvalue weighted by Gasteiger charge is -2.13. The Labute approximate surface area is 112 Å². The molecule has 0 saturated carbocycles. The molecule has 4 heteroatoms. The van der Waals surface area contributed by atoms with Crippen molar-refractivity contribution in [2.75, 3.05) is 0 Å². The van der Waals surface area contributed by atoms with Gasteiger partial charge in [0.2, 0.25) is 0 Å². The van der Waals surface area contributed by atoms with Crippen molar-refractivity contribution >= 4 is 38.9 Å². The first-order chi connectivity index (χ1) is 7.59. The molecule has 1 N–H and O–H groups in total. The first kappa shape index (κ1) is 12.1. The summed E-state index contributed by atoms with van der Waals surface area (Å²) in [6.07, 6.45) is -0.599. The molecule has 0 spiro atoms. The largest absolute Gasteiger partial charge is 0.384 e. The molecule has 1 aromatic carbocycles. The third kappa shape index (κ3) is 2.33. The van der Waals surface area contributed by atoms with E-state index in [1.54, 1.807) is 17.4 Å². The molecular formula is C12H10BrClOS. The van der Waals surface area contributed by atoms with Gasteiger partial charge in [-0.05, 0) is 51.5 Å². The number of aryl methyl sites for hydroxylation is 1. The molecule has 0 radical (unpaired) electrons. The first-order valence-corrected chi connectivity index (χ1v) is 6.86. The van der Waals surface area contributed by atoms with Gasteiger partial charge in [0.05, 0.1) is 0 Å². The highest BCUT2D eigenvalue weighted by atomic mass is 79.9. The molecular weight excluding hydrogens is 308 g/mol. The van der Waals surface area contributed by atoms with E-state index in [2.05, 4.69) is 15.9 Å². The maximum atomic E-state index is 10.3. The minimum absolute atomic E-state index is 0.599. The van der Waals surface area contributed by atoms with Crippen LogP contribution in [0.3, 0.4) is 0 Å². The van der Waals surface area contributed by atoms with Gasteiger partial charge in [-0.2, -0.15) is 11.3 Å². The van der Waals surface area contributed by atoms with Crippen molar-refractivity contribution in [2.24, 2.45) is 0 Å². The summed E-state index contributed by atoms with van der Waals surface area (Å²) in [5.74, 6) is 0. The van der Waals surface area contributed by atoms with E-state index in [9.17, 15) is 5.11 Å². The van der Waals surface area contributed by atoms with Crippen LogP contribution in [0.5, 0.6) is 0 Å². The Kier molecular flexibility index (Phi) is 3.70. The molecule has 1 atom stereocenters. The molecule has 0 aliphatic rings. The fourth-order valence-electron chi connectivity index (χ4n) is 1.60. The van der Waals surface area contributed by atoms with Gasteiger partial charge in [0, 0.05) is 20.4 Å². The lowest BCUT2D eigenvalue weighted by molar-refractivity contribution is 0.219. The molecule has 1 unspecified atom stereocenters. The van der Waals surface area contributed by atoms with Crippen LogP contribution in [0.2, 0.25) is 5.02 Å². The summed E-state index contributed by atoms with van der Waals surface area (Å²) in [6.45, 7) is 1.95. The second-order valence-corrected chi connectivity index (χ2v) is 5.61. The minimum Gasteiger partial charge on any atom is -0.384 e. The molecule has 84 valence electrons. The van der Waals surface area contributed by atoms with Gasteiger partial charge in [-0.3, -0.25) is 0 Å². The Bertz CT molecular complexity index is 509. The summed E-state index contributed by atoms with van der Waals surface area (Å²) in [7, 11) is 0. The predicted octanol–water partition coefficient (Wildman–Crippen LogP) is 4.55. The van der Waals surface area contributed by atoms with E-state index in [4.69, 9.17) is 11.6 Å². The Balaban J connectivity index is 2.41. The molecule has 0 amide bonds. The van der Waals surface area contributed by atoms with Gasteiger partial charge in [0.25, 0.3) is 0 Å². The average Bonchev–Trinajstić information content (AvgIpc) is 2.63. The second kappa shape index (κ2) is 4.88. The molecule has 0 fully saturated rings. The van der Waals surface area contributed by atoms with E-state index in [1.807, 2.05) is 29.8 Å². The number of aliphatic hydroxyl groups excluding tert-OH is 1. The second-order valence-electron chi connectivity index (χ2n) is 3.58. The van der Waals surface area contributed by atoms with Gasteiger partial charge < -0.3 is 5.11 Å².